The maximum atomic E-state index is 6.06. The molecule has 3 aromatic rings. The van der Waals surface area contributed by atoms with Crippen LogP contribution >= 0.6 is 34.7 Å². The van der Waals surface area contributed by atoms with E-state index in [2.05, 4.69) is 20.6 Å². The zero-order chi connectivity index (χ0) is 13.8. The Bertz CT molecular complexity index is 652. The number of hydrogen-bond donors (Lipinski definition) is 0. The molecule has 102 valence electrons. The zero-order valence-corrected chi connectivity index (χ0v) is 12.9. The SMILES string of the molecule is Clc1ccc(C(CSc2ccccn2)n2ccnc2)s1. The minimum Gasteiger partial charge on any atom is -0.328 e. The number of halogens is 1. The van der Waals surface area contributed by atoms with Crippen LogP contribution in [0.5, 0.6) is 0 Å². The summed E-state index contributed by atoms with van der Waals surface area (Å²) in [5.74, 6) is 0.893. The third kappa shape index (κ3) is 3.23. The Morgan fingerprint density at radius 2 is 2.20 bits per heavy atom. The largest absolute Gasteiger partial charge is 0.328 e. The van der Waals surface area contributed by atoms with Gasteiger partial charge in [0.1, 0.15) is 0 Å². The lowest BCUT2D eigenvalue weighted by molar-refractivity contribution is 0.658. The Balaban J connectivity index is 1.80. The van der Waals surface area contributed by atoms with Gasteiger partial charge in [-0.25, -0.2) is 9.97 Å². The number of hydrogen-bond acceptors (Lipinski definition) is 4. The normalized spacial score (nSPS) is 12.4. The van der Waals surface area contributed by atoms with Gasteiger partial charge in [0.05, 0.1) is 21.7 Å². The number of nitrogens with zero attached hydrogens (tertiary/aromatic N) is 3. The van der Waals surface area contributed by atoms with Crippen LogP contribution in [-0.4, -0.2) is 20.3 Å². The molecule has 0 saturated heterocycles. The van der Waals surface area contributed by atoms with Crippen molar-refractivity contribution in [3.05, 3.63) is 64.5 Å². The van der Waals surface area contributed by atoms with E-state index in [-0.39, 0.29) is 6.04 Å². The second-order valence-electron chi connectivity index (χ2n) is 4.15. The van der Waals surface area contributed by atoms with Crippen molar-refractivity contribution in [1.29, 1.82) is 0 Å². The highest BCUT2D eigenvalue weighted by Crippen LogP contribution is 2.32. The van der Waals surface area contributed by atoms with Gasteiger partial charge in [0.25, 0.3) is 0 Å². The van der Waals surface area contributed by atoms with Gasteiger partial charge in [-0.3, -0.25) is 0 Å². The predicted molar refractivity (Wildman–Crippen MR) is 84.7 cm³/mol. The predicted octanol–water partition coefficient (Wildman–Crippen LogP) is 4.37. The Kier molecular flexibility index (Phi) is 4.40. The van der Waals surface area contributed by atoms with Gasteiger partial charge >= 0.3 is 0 Å². The van der Waals surface area contributed by atoms with Gasteiger partial charge in [-0.2, -0.15) is 0 Å². The maximum absolute atomic E-state index is 6.06. The van der Waals surface area contributed by atoms with E-state index in [1.807, 2.05) is 43.0 Å². The topological polar surface area (TPSA) is 30.7 Å². The molecule has 0 aliphatic rings. The highest BCUT2D eigenvalue weighted by Gasteiger charge is 2.16. The summed E-state index contributed by atoms with van der Waals surface area (Å²) in [5, 5.41) is 1.03. The van der Waals surface area contributed by atoms with Crippen LogP contribution in [0.4, 0.5) is 0 Å². The number of thiophene rings is 1. The van der Waals surface area contributed by atoms with Gasteiger partial charge in [-0.05, 0) is 24.3 Å². The molecular weight excluding hydrogens is 310 g/mol. The summed E-state index contributed by atoms with van der Waals surface area (Å²) in [5.41, 5.74) is 0. The minimum absolute atomic E-state index is 0.224. The van der Waals surface area contributed by atoms with E-state index < -0.39 is 0 Å². The third-order valence-electron chi connectivity index (χ3n) is 2.83. The maximum Gasteiger partial charge on any atom is 0.0960 e. The summed E-state index contributed by atoms with van der Waals surface area (Å²) in [4.78, 5) is 9.72. The van der Waals surface area contributed by atoms with Crippen LogP contribution < -0.4 is 0 Å². The van der Waals surface area contributed by atoms with Crippen molar-refractivity contribution >= 4 is 34.7 Å². The monoisotopic (exact) mass is 321 g/mol. The molecule has 0 aromatic carbocycles. The van der Waals surface area contributed by atoms with Crippen molar-refractivity contribution in [2.75, 3.05) is 5.75 Å². The number of pyridine rings is 1. The van der Waals surface area contributed by atoms with E-state index in [0.717, 1.165) is 15.1 Å². The lowest BCUT2D eigenvalue weighted by atomic mass is 10.3. The van der Waals surface area contributed by atoms with E-state index in [9.17, 15) is 0 Å². The van der Waals surface area contributed by atoms with Gasteiger partial charge in [0, 0.05) is 29.2 Å². The van der Waals surface area contributed by atoms with Gasteiger partial charge in [-0.1, -0.05) is 17.7 Å². The number of aromatic nitrogens is 3. The van der Waals surface area contributed by atoms with Gasteiger partial charge in [0.15, 0.2) is 0 Å². The van der Waals surface area contributed by atoms with Crippen molar-refractivity contribution in [2.24, 2.45) is 0 Å². The Morgan fingerprint density at radius 3 is 2.85 bits per heavy atom. The summed E-state index contributed by atoms with van der Waals surface area (Å²) in [7, 11) is 0. The molecule has 1 unspecified atom stereocenters. The Labute approximate surface area is 130 Å². The third-order valence-corrected chi connectivity index (χ3v) is 5.19. The second kappa shape index (κ2) is 6.43. The molecule has 3 rings (SSSR count). The molecule has 0 aliphatic heterocycles. The molecule has 0 amide bonds. The molecule has 3 aromatic heterocycles. The number of rotatable bonds is 5. The quantitative estimate of drug-likeness (QED) is 0.654. The van der Waals surface area contributed by atoms with Gasteiger partial charge < -0.3 is 4.57 Å². The van der Waals surface area contributed by atoms with Gasteiger partial charge in [-0.15, -0.1) is 23.1 Å². The number of thioether (sulfide) groups is 1. The average Bonchev–Trinajstić information content (AvgIpc) is 3.13. The van der Waals surface area contributed by atoms with E-state index in [1.165, 1.54) is 4.88 Å². The van der Waals surface area contributed by atoms with Crippen molar-refractivity contribution < 1.29 is 0 Å². The summed E-state index contributed by atoms with van der Waals surface area (Å²) < 4.78 is 2.92. The van der Waals surface area contributed by atoms with E-state index in [0.29, 0.717) is 0 Å². The fraction of sp³-hybridized carbons (Fsp3) is 0.143. The molecule has 0 N–H and O–H groups in total. The van der Waals surface area contributed by atoms with Gasteiger partial charge in [0.2, 0.25) is 0 Å². The first-order valence-electron chi connectivity index (χ1n) is 6.09. The second-order valence-corrected chi connectivity index (χ2v) is 6.93. The van der Waals surface area contributed by atoms with E-state index in [4.69, 9.17) is 11.6 Å². The Hall–Kier alpha value is -1.30. The molecule has 6 heteroatoms. The van der Waals surface area contributed by atoms with Crippen LogP contribution in [0.25, 0.3) is 0 Å². The molecule has 0 radical (unpaired) electrons. The molecule has 20 heavy (non-hydrogen) atoms. The average molecular weight is 322 g/mol. The molecule has 1 atom stereocenters. The molecule has 0 bridgehead atoms. The molecule has 3 nitrogen and oxygen atoms in total. The summed E-state index contributed by atoms with van der Waals surface area (Å²) >= 11 is 9.40. The summed E-state index contributed by atoms with van der Waals surface area (Å²) in [6.45, 7) is 0. The first kappa shape index (κ1) is 13.7. The van der Waals surface area contributed by atoms with Crippen molar-refractivity contribution in [3.8, 4) is 0 Å². The minimum atomic E-state index is 0.224. The standard InChI is InChI=1S/C14H12ClN3S2/c15-13-5-4-12(20-13)11(18-8-7-16-10-18)9-19-14-3-1-2-6-17-14/h1-8,10-11H,9H2. The van der Waals surface area contributed by atoms with Crippen LogP contribution in [0, 0.1) is 0 Å². The molecule has 0 fully saturated rings. The summed E-state index contributed by atoms with van der Waals surface area (Å²) in [6.07, 6.45) is 7.44. The zero-order valence-electron chi connectivity index (χ0n) is 10.5. The highest BCUT2D eigenvalue weighted by atomic mass is 35.5. The van der Waals surface area contributed by atoms with E-state index in [1.54, 1.807) is 29.3 Å². The lowest BCUT2D eigenvalue weighted by Gasteiger charge is -2.16. The number of imidazole rings is 1. The smallest absolute Gasteiger partial charge is 0.0960 e. The molecule has 0 spiro atoms. The fourth-order valence-corrected chi connectivity index (χ4v) is 4.14. The molecular formula is C14H12ClN3S2. The Morgan fingerprint density at radius 1 is 1.25 bits per heavy atom. The highest BCUT2D eigenvalue weighted by molar-refractivity contribution is 7.99. The molecule has 0 aliphatic carbocycles. The van der Waals surface area contributed by atoms with Crippen molar-refractivity contribution in [3.63, 3.8) is 0 Å². The molecule has 3 heterocycles. The fourth-order valence-electron chi connectivity index (χ4n) is 1.87. The van der Waals surface area contributed by atoms with Crippen LogP contribution in [0.1, 0.15) is 10.9 Å². The van der Waals surface area contributed by atoms with Crippen LogP contribution in [-0.2, 0) is 0 Å². The van der Waals surface area contributed by atoms with Crippen molar-refractivity contribution in [1.82, 2.24) is 14.5 Å². The lowest BCUT2D eigenvalue weighted by Crippen LogP contribution is -2.10. The molecule has 0 saturated carbocycles. The van der Waals surface area contributed by atoms with Crippen LogP contribution in [0.15, 0.2) is 60.3 Å². The van der Waals surface area contributed by atoms with Crippen LogP contribution in [0.2, 0.25) is 4.34 Å². The summed E-state index contributed by atoms with van der Waals surface area (Å²) in [6, 6.07) is 10.2. The van der Waals surface area contributed by atoms with E-state index >= 15 is 0 Å². The van der Waals surface area contributed by atoms with Crippen molar-refractivity contribution in [2.45, 2.75) is 11.1 Å². The first-order chi connectivity index (χ1) is 9.83. The van der Waals surface area contributed by atoms with Crippen LogP contribution in [0.3, 0.4) is 0 Å². The first-order valence-corrected chi connectivity index (χ1v) is 8.27.